The molecule has 6 nitrogen and oxygen atoms in total. The highest BCUT2D eigenvalue weighted by Gasteiger charge is 2.39. The third-order valence-electron chi connectivity index (χ3n) is 5.13. The lowest BCUT2D eigenvalue weighted by Gasteiger charge is -2.43. The summed E-state index contributed by atoms with van der Waals surface area (Å²) < 4.78 is 6.01. The Balaban J connectivity index is 1.49. The van der Waals surface area contributed by atoms with E-state index in [1.54, 1.807) is 0 Å². The zero-order chi connectivity index (χ0) is 17.0. The molecule has 1 spiro atoms. The second-order valence-corrected chi connectivity index (χ2v) is 7.16. The molecular weight excluding hydrogens is 314 g/mol. The first-order valence-electron chi connectivity index (χ1n) is 9.05. The van der Waals surface area contributed by atoms with Gasteiger partial charge in [0.2, 0.25) is 5.95 Å². The molecule has 2 aromatic rings. The van der Waals surface area contributed by atoms with Crippen molar-refractivity contribution in [2.45, 2.75) is 19.4 Å². The number of anilines is 1. The Labute approximate surface area is 148 Å². The van der Waals surface area contributed by atoms with E-state index >= 15 is 0 Å². The predicted molar refractivity (Wildman–Crippen MR) is 96.2 cm³/mol. The number of hydrogen-bond acceptors (Lipinski definition) is 6. The molecule has 0 amide bonds. The number of aromatic nitrogens is 3. The molecule has 2 saturated heterocycles. The van der Waals surface area contributed by atoms with Crippen LogP contribution in [0.15, 0.2) is 42.9 Å². The van der Waals surface area contributed by atoms with Crippen LogP contribution < -0.4 is 4.90 Å². The third-order valence-corrected chi connectivity index (χ3v) is 5.13. The van der Waals surface area contributed by atoms with Crippen LogP contribution in [0.5, 0.6) is 0 Å². The number of hydrogen-bond donors (Lipinski definition) is 0. The summed E-state index contributed by atoms with van der Waals surface area (Å²) in [4.78, 5) is 18.2. The van der Waals surface area contributed by atoms with Gasteiger partial charge in [0, 0.05) is 56.7 Å². The number of ether oxygens (including phenoxy) is 1. The fraction of sp³-hybridized carbons (Fsp3) is 0.526. The van der Waals surface area contributed by atoms with Crippen molar-refractivity contribution in [1.29, 1.82) is 0 Å². The van der Waals surface area contributed by atoms with E-state index in [1.165, 1.54) is 6.42 Å². The molecule has 6 heteroatoms. The van der Waals surface area contributed by atoms with Crippen LogP contribution in [0.1, 0.15) is 18.5 Å². The number of rotatable bonds is 3. The van der Waals surface area contributed by atoms with Crippen molar-refractivity contribution in [3.8, 4) is 0 Å². The molecule has 0 N–H and O–H groups in total. The first kappa shape index (κ1) is 16.4. The highest BCUT2D eigenvalue weighted by Crippen LogP contribution is 2.34. The summed E-state index contributed by atoms with van der Waals surface area (Å²) in [6.07, 6.45) is 7.85. The van der Waals surface area contributed by atoms with Gasteiger partial charge >= 0.3 is 0 Å². The molecule has 0 saturated carbocycles. The van der Waals surface area contributed by atoms with Crippen molar-refractivity contribution < 1.29 is 4.74 Å². The van der Waals surface area contributed by atoms with Crippen molar-refractivity contribution in [2.75, 3.05) is 44.3 Å². The summed E-state index contributed by atoms with van der Waals surface area (Å²) in [5.41, 5.74) is 1.27. The van der Waals surface area contributed by atoms with Crippen LogP contribution in [0.2, 0.25) is 0 Å². The lowest BCUT2D eigenvalue weighted by atomic mass is 9.80. The average Bonchev–Trinajstić information content (AvgIpc) is 2.85. The zero-order valence-corrected chi connectivity index (χ0v) is 14.5. The second-order valence-electron chi connectivity index (χ2n) is 7.16. The summed E-state index contributed by atoms with van der Waals surface area (Å²) in [7, 11) is 0. The molecule has 25 heavy (non-hydrogen) atoms. The van der Waals surface area contributed by atoms with Gasteiger partial charge in [-0.2, -0.15) is 0 Å². The Kier molecular flexibility index (Phi) is 4.90. The highest BCUT2D eigenvalue weighted by atomic mass is 16.5. The van der Waals surface area contributed by atoms with Crippen LogP contribution in [0.4, 0.5) is 5.95 Å². The van der Waals surface area contributed by atoms with Crippen LogP contribution in [0.3, 0.4) is 0 Å². The van der Waals surface area contributed by atoms with E-state index in [4.69, 9.17) is 4.74 Å². The first-order valence-corrected chi connectivity index (χ1v) is 9.05. The van der Waals surface area contributed by atoms with E-state index in [0.717, 1.165) is 64.0 Å². The second kappa shape index (κ2) is 7.45. The first-order chi connectivity index (χ1) is 12.3. The molecular formula is C19H25N5O. The van der Waals surface area contributed by atoms with Gasteiger partial charge in [0.25, 0.3) is 0 Å². The Morgan fingerprint density at radius 1 is 1.00 bits per heavy atom. The maximum Gasteiger partial charge on any atom is 0.225 e. The minimum atomic E-state index is 0.142. The average molecular weight is 339 g/mol. The van der Waals surface area contributed by atoms with Crippen molar-refractivity contribution in [1.82, 2.24) is 19.9 Å². The van der Waals surface area contributed by atoms with E-state index < -0.39 is 0 Å². The SMILES string of the molecule is c1ccc(CN2CCOC[C@]3(CCCN(c4ncccn4)C3)C2)nc1. The van der Waals surface area contributed by atoms with Gasteiger partial charge in [0.1, 0.15) is 0 Å². The molecule has 2 aliphatic heterocycles. The largest absolute Gasteiger partial charge is 0.379 e. The summed E-state index contributed by atoms with van der Waals surface area (Å²) in [5.74, 6) is 0.835. The molecule has 132 valence electrons. The van der Waals surface area contributed by atoms with Gasteiger partial charge in [-0.1, -0.05) is 6.07 Å². The number of nitrogens with zero attached hydrogens (tertiary/aromatic N) is 5. The van der Waals surface area contributed by atoms with Crippen LogP contribution in [-0.2, 0) is 11.3 Å². The van der Waals surface area contributed by atoms with Crippen LogP contribution in [0, 0.1) is 5.41 Å². The molecule has 2 fully saturated rings. The standard InChI is InChI=1S/C19H25N5O/c1-2-7-20-17(5-1)13-23-11-12-25-16-19(14-23)6-3-10-24(15-19)18-21-8-4-9-22-18/h1-2,4-5,7-9H,3,6,10-16H2/t19-/m1/s1. The minimum Gasteiger partial charge on any atom is -0.379 e. The smallest absolute Gasteiger partial charge is 0.225 e. The maximum absolute atomic E-state index is 6.01. The lowest BCUT2D eigenvalue weighted by Crippen LogP contribution is -2.51. The topological polar surface area (TPSA) is 54.4 Å². The van der Waals surface area contributed by atoms with Crippen molar-refractivity contribution in [3.63, 3.8) is 0 Å². The molecule has 0 aromatic carbocycles. The van der Waals surface area contributed by atoms with Gasteiger partial charge < -0.3 is 9.64 Å². The van der Waals surface area contributed by atoms with E-state index in [-0.39, 0.29) is 5.41 Å². The molecule has 2 aromatic heterocycles. The monoisotopic (exact) mass is 339 g/mol. The van der Waals surface area contributed by atoms with Crippen LogP contribution in [0.25, 0.3) is 0 Å². The van der Waals surface area contributed by atoms with Gasteiger partial charge in [-0.05, 0) is 31.0 Å². The van der Waals surface area contributed by atoms with E-state index in [9.17, 15) is 0 Å². The summed E-state index contributed by atoms with van der Waals surface area (Å²) in [6, 6.07) is 7.99. The molecule has 1 atom stereocenters. The quantitative estimate of drug-likeness (QED) is 0.852. The minimum absolute atomic E-state index is 0.142. The number of pyridine rings is 1. The van der Waals surface area contributed by atoms with E-state index in [2.05, 4.69) is 36.9 Å². The fourth-order valence-electron chi connectivity index (χ4n) is 4.02. The Bertz CT molecular complexity index is 668. The van der Waals surface area contributed by atoms with Crippen molar-refractivity contribution in [3.05, 3.63) is 48.5 Å². The van der Waals surface area contributed by atoms with Gasteiger partial charge in [0.05, 0.1) is 18.9 Å². The zero-order valence-electron chi connectivity index (χ0n) is 14.5. The lowest BCUT2D eigenvalue weighted by molar-refractivity contribution is 0.0554. The summed E-state index contributed by atoms with van der Waals surface area (Å²) in [5, 5.41) is 0. The maximum atomic E-state index is 6.01. The van der Waals surface area contributed by atoms with E-state index in [1.807, 2.05) is 30.7 Å². The summed E-state index contributed by atoms with van der Waals surface area (Å²) >= 11 is 0. The highest BCUT2D eigenvalue weighted by molar-refractivity contribution is 5.30. The molecule has 0 aliphatic carbocycles. The van der Waals surface area contributed by atoms with Crippen LogP contribution >= 0.6 is 0 Å². The van der Waals surface area contributed by atoms with Gasteiger partial charge in [0.15, 0.2) is 0 Å². The Morgan fingerprint density at radius 3 is 2.72 bits per heavy atom. The molecule has 0 radical (unpaired) electrons. The Morgan fingerprint density at radius 2 is 1.88 bits per heavy atom. The number of piperidine rings is 1. The van der Waals surface area contributed by atoms with Crippen molar-refractivity contribution >= 4 is 5.95 Å². The van der Waals surface area contributed by atoms with Crippen LogP contribution in [-0.4, -0.2) is 59.2 Å². The molecule has 4 rings (SSSR count). The Hall–Kier alpha value is -2.05. The summed E-state index contributed by atoms with van der Waals surface area (Å²) in [6.45, 7) is 6.45. The molecule has 2 aliphatic rings. The van der Waals surface area contributed by atoms with Gasteiger partial charge in [-0.15, -0.1) is 0 Å². The van der Waals surface area contributed by atoms with Gasteiger partial charge in [-0.3, -0.25) is 9.88 Å². The predicted octanol–water partition coefficient (Wildman–Crippen LogP) is 1.99. The molecule has 0 unspecified atom stereocenters. The fourth-order valence-corrected chi connectivity index (χ4v) is 4.02. The third kappa shape index (κ3) is 3.96. The normalized spacial score (nSPS) is 25.0. The van der Waals surface area contributed by atoms with Crippen molar-refractivity contribution in [2.24, 2.45) is 5.41 Å². The molecule has 4 heterocycles. The van der Waals surface area contributed by atoms with E-state index in [0.29, 0.717) is 0 Å². The molecule has 0 bridgehead atoms. The van der Waals surface area contributed by atoms with Gasteiger partial charge in [-0.25, -0.2) is 9.97 Å².